The minimum atomic E-state index is -4.29. The number of aliphatic hydroxyl groups excluding tert-OH is 1. The van der Waals surface area contributed by atoms with E-state index in [1.165, 1.54) is 18.1 Å². The van der Waals surface area contributed by atoms with Gasteiger partial charge in [-0.15, -0.1) is 0 Å². The zero-order chi connectivity index (χ0) is 22.2. The summed E-state index contributed by atoms with van der Waals surface area (Å²) in [4.78, 5) is 12.2. The Labute approximate surface area is 180 Å². The predicted octanol–water partition coefficient (Wildman–Crippen LogP) is -0.0877. The van der Waals surface area contributed by atoms with Crippen LogP contribution >= 0.6 is 11.8 Å². The highest BCUT2D eigenvalue weighted by molar-refractivity contribution is 7.98. The first-order valence-corrected chi connectivity index (χ1v) is 11.4. The maximum atomic E-state index is 14.9. The van der Waals surface area contributed by atoms with E-state index < -0.39 is 41.5 Å². The summed E-state index contributed by atoms with van der Waals surface area (Å²) >= 11 is 1.32. The smallest absolute Gasteiger partial charge is 0.333 e. The number of alkyl halides is 1. The van der Waals surface area contributed by atoms with Crippen molar-refractivity contribution in [1.82, 2.24) is 24.7 Å². The van der Waals surface area contributed by atoms with Gasteiger partial charge in [-0.1, -0.05) is 17.8 Å². The van der Waals surface area contributed by atoms with Gasteiger partial charge in [-0.3, -0.25) is 9.17 Å². The van der Waals surface area contributed by atoms with Crippen LogP contribution in [0.25, 0.3) is 11.0 Å². The number of nitrogen functional groups attached to an aromatic ring is 1. The molecule has 0 aliphatic carbocycles. The van der Waals surface area contributed by atoms with Crippen LogP contribution in [0.2, 0.25) is 0 Å². The Bertz CT molecular complexity index is 1180. The van der Waals surface area contributed by atoms with Crippen LogP contribution in [0.5, 0.6) is 0 Å². The Morgan fingerprint density at radius 2 is 2.19 bits per heavy atom. The van der Waals surface area contributed by atoms with E-state index in [0.29, 0.717) is 16.2 Å². The second-order valence-corrected chi connectivity index (χ2v) is 8.82. The summed E-state index contributed by atoms with van der Waals surface area (Å²) in [6.45, 7) is -0.657. The van der Waals surface area contributed by atoms with Crippen molar-refractivity contribution in [3.63, 3.8) is 0 Å². The summed E-state index contributed by atoms with van der Waals surface area (Å²) < 4.78 is 48.0. The van der Waals surface area contributed by atoms with Crippen LogP contribution in [0.15, 0.2) is 35.9 Å². The maximum absolute atomic E-state index is 14.9. The molecule has 3 aromatic rings. The minimum absolute atomic E-state index is 0.146. The van der Waals surface area contributed by atoms with E-state index in [1.54, 1.807) is 18.5 Å². The van der Waals surface area contributed by atoms with Gasteiger partial charge in [0.1, 0.15) is 29.4 Å². The number of fused-ring (bicyclic) bond motifs is 1. The topological polar surface area (TPSA) is 181 Å². The van der Waals surface area contributed by atoms with Crippen LogP contribution < -0.4 is 10.9 Å². The lowest BCUT2D eigenvalue weighted by atomic mass is 10.1. The van der Waals surface area contributed by atoms with Crippen molar-refractivity contribution in [2.75, 3.05) is 12.3 Å². The summed E-state index contributed by atoms with van der Waals surface area (Å²) in [5.74, 6) is 0.653. The molecule has 4 heterocycles. The molecule has 15 heteroatoms. The number of pyridine rings is 1. The van der Waals surface area contributed by atoms with E-state index in [4.69, 9.17) is 15.6 Å². The fraction of sp³-hybridized carbons (Fsp3) is 0.375. The molecule has 5 N–H and O–H groups in total. The fourth-order valence-electron chi connectivity index (χ4n) is 3.08. The highest BCUT2D eigenvalue weighted by Crippen LogP contribution is 2.37. The lowest BCUT2D eigenvalue weighted by Gasteiger charge is -2.14. The monoisotopic (exact) mass is 471 g/mol. The van der Waals surface area contributed by atoms with E-state index in [-0.39, 0.29) is 11.5 Å². The van der Waals surface area contributed by atoms with Crippen LogP contribution in [0.1, 0.15) is 11.8 Å². The third-order valence-corrected chi connectivity index (χ3v) is 6.02. The van der Waals surface area contributed by atoms with E-state index in [2.05, 4.69) is 24.2 Å². The average molecular weight is 471 g/mol. The van der Waals surface area contributed by atoms with Gasteiger partial charge < -0.3 is 15.6 Å². The molecule has 3 aromatic heterocycles. The van der Waals surface area contributed by atoms with Gasteiger partial charge in [0, 0.05) is 18.1 Å². The summed E-state index contributed by atoms with van der Waals surface area (Å²) in [6, 6.07) is 3.69. The van der Waals surface area contributed by atoms with Gasteiger partial charge in [-0.25, -0.2) is 24.2 Å². The van der Waals surface area contributed by atoms with Crippen molar-refractivity contribution in [1.29, 1.82) is 0 Å². The molecule has 0 bridgehead atoms. The number of hydrogen-bond acceptors (Lipinski definition) is 11. The Hall–Kier alpha value is -2.43. The summed E-state index contributed by atoms with van der Waals surface area (Å²) in [6.07, 6.45) is -1.73. The van der Waals surface area contributed by atoms with Crippen LogP contribution in [0.4, 0.5) is 10.2 Å². The highest BCUT2D eigenvalue weighted by Gasteiger charge is 2.47. The molecule has 0 saturated carbocycles. The molecule has 4 atom stereocenters. The molecule has 0 aromatic carbocycles. The molecule has 166 valence electrons. The zero-order valence-electron chi connectivity index (χ0n) is 15.8. The summed E-state index contributed by atoms with van der Waals surface area (Å²) in [5.41, 5.74) is 7.14. The highest BCUT2D eigenvalue weighted by atomic mass is 32.2. The molecule has 4 rings (SSSR count). The Morgan fingerprint density at radius 1 is 1.39 bits per heavy atom. The van der Waals surface area contributed by atoms with Crippen molar-refractivity contribution in [2.24, 2.45) is 5.14 Å². The number of nitrogens with two attached hydrogens (primary N) is 2. The van der Waals surface area contributed by atoms with Crippen molar-refractivity contribution < 1.29 is 26.8 Å². The standard InChI is InChI=1S/C16H18FN7O5S2/c17-11-12(25)9(5-28-31(19,26)27)29-16(11)24-14-10(13(18)21-7-22-14)15(23-24)30-6-8-2-1-3-20-4-8/h1-4,7,9,11-12,16,25H,5-6H2,(H2,18,21,22)(H2,19,26,27)/t9-,11+,12-,16-/m1/s1. The predicted molar refractivity (Wildman–Crippen MR) is 107 cm³/mol. The lowest BCUT2D eigenvalue weighted by Crippen LogP contribution is -2.33. The first-order chi connectivity index (χ1) is 14.7. The number of aromatic nitrogens is 5. The molecule has 1 aliphatic heterocycles. The van der Waals surface area contributed by atoms with Crippen molar-refractivity contribution >= 4 is 38.9 Å². The minimum Gasteiger partial charge on any atom is -0.387 e. The Kier molecular flexibility index (Phi) is 6.05. The van der Waals surface area contributed by atoms with Crippen molar-refractivity contribution in [3.05, 3.63) is 36.4 Å². The maximum Gasteiger partial charge on any atom is 0.333 e. The summed E-state index contributed by atoms with van der Waals surface area (Å²) in [7, 11) is -4.29. The molecule has 0 unspecified atom stereocenters. The number of nitrogens with zero attached hydrogens (tertiary/aromatic N) is 5. The molecule has 0 radical (unpaired) electrons. The van der Waals surface area contributed by atoms with E-state index in [1.807, 2.05) is 6.07 Å². The van der Waals surface area contributed by atoms with Gasteiger partial charge >= 0.3 is 10.3 Å². The Balaban J connectivity index is 1.64. The molecule has 31 heavy (non-hydrogen) atoms. The van der Waals surface area contributed by atoms with E-state index >= 15 is 0 Å². The van der Waals surface area contributed by atoms with Gasteiger partial charge in [0.05, 0.1) is 12.0 Å². The van der Waals surface area contributed by atoms with Gasteiger partial charge in [0.15, 0.2) is 18.0 Å². The van der Waals surface area contributed by atoms with Crippen LogP contribution in [0.3, 0.4) is 0 Å². The van der Waals surface area contributed by atoms with Crippen molar-refractivity contribution in [2.45, 2.75) is 35.4 Å². The number of ether oxygens (including phenoxy) is 1. The largest absolute Gasteiger partial charge is 0.387 e. The number of rotatable bonds is 7. The number of anilines is 1. The van der Waals surface area contributed by atoms with Gasteiger partial charge in [0.2, 0.25) is 0 Å². The first kappa shape index (κ1) is 21.8. The number of aliphatic hydroxyl groups is 1. The van der Waals surface area contributed by atoms with Crippen molar-refractivity contribution in [3.8, 4) is 0 Å². The van der Waals surface area contributed by atoms with Gasteiger partial charge in [0.25, 0.3) is 0 Å². The molecular formula is C16H18FN7O5S2. The molecule has 1 fully saturated rings. The molecule has 1 saturated heterocycles. The lowest BCUT2D eigenvalue weighted by molar-refractivity contribution is -0.0456. The van der Waals surface area contributed by atoms with Crippen LogP contribution in [0, 0.1) is 0 Å². The molecule has 12 nitrogen and oxygen atoms in total. The Morgan fingerprint density at radius 3 is 2.90 bits per heavy atom. The second-order valence-electron chi connectivity index (χ2n) is 6.63. The third kappa shape index (κ3) is 4.60. The third-order valence-electron chi connectivity index (χ3n) is 4.52. The van der Waals surface area contributed by atoms with Crippen LogP contribution in [-0.2, 0) is 25.0 Å². The number of hydrogen-bond donors (Lipinski definition) is 3. The zero-order valence-corrected chi connectivity index (χ0v) is 17.4. The van der Waals surface area contributed by atoms with E-state index in [0.717, 1.165) is 10.2 Å². The summed E-state index contributed by atoms with van der Waals surface area (Å²) in [5, 5.41) is 20.2. The van der Waals surface area contributed by atoms with Gasteiger partial charge in [-0.2, -0.15) is 13.5 Å². The molecule has 0 spiro atoms. The quantitative estimate of drug-likeness (QED) is 0.392. The number of halogens is 1. The molecule has 0 amide bonds. The van der Waals surface area contributed by atoms with Crippen LogP contribution in [-0.4, -0.2) is 63.2 Å². The second kappa shape index (κ2) is 8.60. The number of thioether (sulfide) groups is 1. The first-order valence-electron chi connectivity index (χ1n) is 8.89. The van der Waals surface area contributed by atoms with E-state index in [9.17, 15) is 17.9 Å². The van der Waals surface area contributed by atoms with Gasteiger partial charge in [-0.05, 0) is 11.6 Å². The fourth-order valence-corrected chi connectivity index (χ4v) is 4.36. The molecule has 1 aliphatic rings. The molecular weight excluding hydrogens is 453 g/mol. The average Bonchev–Trinajstić information content (AvgIpc) is 3.24. The SMILES string of the molecule is Nc1ncnc2c1c(SCc1cccnc1)nn2[C@@H]1O[C@H](COS(N)(=O)=O)[C@@H](O)[C@@H]1F. The normalized spacial score (nSPS) is 24.1.